The second-order valence-electron chi connectivity index (χ2n) is 8.20. The van der Waals surface area contributed by atoms with Crippen molar-refractivity contribution in [2.75, 3.05) is 6.54 Å². The number of piperidine rings is 1. The summed E-state index contributed by atoms with van der Waals surface area (Å²) < 4.78 is 7.60. The average molecular weight is 385 g/mol. The highest BCUT2D eigenvalue weighted by Gasteiger charge is 2.32. The predicted molar refractivity (Wildman–Crippen MR) is 103 cm³/mol. The lowest BCUT2D eigenvalue weighted by Gasteiger charge is -2.32. The zero-order chi connectivity index (χ0) is 18.8. The molecule has 0 bridgehead atoms. The van der Waals surface area contributed by atoms with Gasteiger partial charge in [-0.2, -0.15) is 0 Å². The van der Waals surface area contributed by atoms with Gasteiger partial charge in [-0.25, -0.2) is 14.5 Å². The molecule has 0 spiro atoms. The highest BCUT2D eigenvalue weighted by Crippen LogP contribution is 2.39. The molecule has 5 rings (SSSR count). The largest absolute Gasteiger partial charge is 0.370 e. The van der Waals surface area contributed by atoms with Gasteiger partial charge in [0.05, 0.1) is 17.6 Å². The number of fused-ring (bicyclic) bond motifs is 5. The first-order chi connectivity index (χ1) is 12.9. The first kappa shape index (κ1) is 17.1. The molecule has 7 nitrogen and oxygen atoms in total. The van der Waals surface area contributed by atoms with E-state index in [4.69, 9.17) is 4.74 Å². The molecule has 1 atom stereocenters. The minimum absolute atomic E-state index is 0.0770. The highest BCUT2D eigenvalue weighted by molar-refractivity contribution is 7.19. The van der Waals surface area contributed by atoms with Gasteiger partial charge in [0.25, 0.3) is 5.91 Å². The maximum Gasteiger partial charge on any atom is 0.293 e. The van der Waals surface area contributed by atoms with Gasteiger partial charge in [-0.3, -0.25) is 4.79 Å². The Labute approximate surface area is 161 Å². The Balaban J connectivity index is 1.62. The molecule has 0 aliphatic carbocycles. The Bertz CT molecular complexity index is 1050. The van der Waals surface area contributed by atoms with E-state index in [1.165, 1.54) is 16.9 Å². The maximum atomic E-state index is 13.0. The van der Waals surface area contributed by atoms with Crippen LogP contribution in [0, 0.1) is 0 Å². The molecule has 0 aromatic carbocycles. The van der Waals surface area contributed by atoms with E-state index in [2.05, 4.69) is 35.8 Å². The van der Waals surface area contributed by atoms with Crippen molar-refractivity contribution >= 4 is 33.1 Å². The number of likely N-dealkylation sites (tertiary alicyclic amines) is 1. The zero-order valence-corrected chi connectivity index (χ0v) is 16.7. The molecule has 0 radical (unpaired) electrons. The number of hydrogen-bond acceptors (Lipinski definition) is 6. The Morgan fingerprint density at radius 1 is 1.37 bits per heavy atom. The number of carbonyl (C=O) groups is 1. The van der Waals surface area contributed by atoms with E-state index < -0.39 is 0 Å². The summed E-state index contributed by atoms with van der Waals surface area (Å²) in [4.78, 5) is 26.3. The van der Waals surface area contributed by atoms with Crippen LogP contribution in [0.15, 0.2) is 6.33 Å². The third kappa shape index (κ3) is 2.73. The van der Waals surface area contributed by atoms with Gasteiger partial charge in [-0.15, -0.1) is 16.4 Å². The molecule has 3 aromatic heterocycles. The minimum atomic E-state index is -0.213. The van der Waals surface area contributed by atoms with Crippen molar-refractivity contribution in [3.8, 4) is 0 Å². The fraction of sp³-hybridized carbons (Fsp3) is 0.579. The van der Waals surface area contributed by atoms with Gasteiger partial charge in [-0.1, -0.05) is 0 Å². The smallest absolute Gasteiger partial charge is 0.293 e. The molecule has 8 heteroatoms. The fourth-order valence-corrected chi connectivity index (χ4v) is 5.23. The van der Waals surface area contributed by atoms with Gasteiger partial charge in [0.2, 0.25) is 5.82 Å². The van der Waals surface area contributed by atoms with Gasteiger partial charge < -0.3 is 9.64 Å². The van der Waals surface area contributed by atoms with Crippen LogP contribution in [0.5, 0.6) is 0 Å². The van der Waals surface area contributed by atoms with Gasteiger partial charge in [0.1, 0.15) is 11.2 Å². The number of rotatable bonds is 1. The van der Waals surface area contributed by atoms with Crippen LogP contribution in [0.4, 0.5) is 0 Å². The molecule has 27 heavy (non-hydrogen) atoms. The van der Waals surface area contributed by atoms with Gasteiger partial charge in [0.15, 0.2) is 5.65 Å². The number of nitrogens with zero attached hydrogens (tertiary/aromatic N) is 5. The van der Waals surface area contributed by atoms with Crippen molar-refractivity contribution in [1.29, 1.82) is 0 Å². The van der Waals surface area contributed by atoms with Crippen LogP contribution in [-0.4, -0.2) is 48.6 Å². The van der Waals surface area contributed by atoms with Crippen molar-refractivity contribution in [3.05, 3.63) is 22.6 Å². The molecule has 1 fully saturated rings. The third-order valence-electron chi connectivity index (χ3n) is 5.66. The quantitative estimate of drug-likeness (QED) is 0.643. The Hall–Kier alpha value is -2.06. The maximum absolute atomic E-state index is 13.0. The fourth-order valence-electron chi connectivity index (χ4n) is 4.16. The number of amides is 1. The van der Waals surface area contributed by atoms with Gasteiger partial charge >= 0.3 is 0 Å². The number of carbonyl (C=O) groups excluding carboxylic acids is 1. The SMILES string of the molecule is C[C@@H]1CCCCN1C(=O)c1nc2c3c4c(sc3ncn2n1)COC(C)(C)C4. The molecule has 2 aliphatic heterocycles. The van der Waals surface area contributed by atoms with Gasteiger partial charge in [0, 0.05) is 23.9 Å². The van der Waals surface area contributed by atoms with Crippen LogP contribution in [0.1, 0.15) is 61.1 Å². The monoisotopic (exact) mass is 385 g/mol. The van der Waals surface area contributed by atoms with E-state index in [0.29, 0.717) is 6.61 Å². The molecule has 0 saturated carbocycles. The van der Waals surface area contributed by atoms with Crippen LogP contribution in [0.2, 0.25) is 0 Å². The molecule has 1 amide bonds. The average Bonchev–Trinajstić information content (AvgIpc) is 3.21. The molecule has 3 aromatic rings. The number of ether oxygens (including phenoxy) is 1. The summed E-state index contributed by atoms with van der Waals surface area (Å²) in [6.07, 6.45) is 5.73. The summed E-state index contributed by atoms with van der Waals surface area (Å²) in [7, 11) is 0. The normalized spacial score (nSPS) is 22.3. The van der Waals surface area contributed by atoms with Crippen LogP contribution in [-0.2, 0) is 17.8 Å². The number of thiophene rings is 1. The van der Waals surface area contributed by atoms with E-state index in [1.807, 2.05) is 4.90 Å². The molecule has 0 unspecified atom stereocenters. The Morgan fingerprint density at radius 3 is 3.04 bits per heavy atom. The van der Waals surface area contributed by atoms with Crippen molar-refractivity contribution in [3.63, 3.8) is 0 Å². The van der Waals surface area contributed by atoms with Crippen molar-refractivity contribution in [2.45, 2.75) is 64.7 Å². The van der Waals surface area contributed by atoms with Crippen molar-refractivity contribution in [1.82, 2.24) is 24.5 Å². The Kier molecular flexibility index (Phi) is 3.77. The predicted octanol–water partition coefficient (Wildman–Crippen LogP) is 3.20. The standard InChI is InChI=1S/C19H23N5O2S/c1-11-6-4-5-7-23(11)18(25)15-21-16-14-12-8-19(2,3)26-9-13(12)27-17(14)20-10-24(16)22-15/h10-11H,4-9H2,1-3H3/t11-/m1/s1. The lowest BCUT2D eigenvalue weighted by Crippen LogP contribution is -2.42. The molecular formula is C19H23N5O2S. The van der Waals surface area contributed by atoms with Gasteiger partial charge in [-0.05, 0) is 45.6 Å². The summed E-state index contributed by atoms with van der Waals surface area (Å²) in [6, 6.07) is 0.239. The lowest BCUT2D eigenvalue weighted by atomic mass is 9.94. The third-order valence-corrected chi connectivity index (χ3v) is 6.78. The van der Waals surface area contributed by atoms with Crippen molar-refractivity contribution < 1.29 is 9.53 Å². The van der Waals surface area contributed by atoms with Crippen LogP contribution in [0.3, 0.4) is 0 Å². The molecule has 1 saturated heterocycles. The molecular weight excluding hydrogens is 362 g/mol. The van der Waals surface area contributed by atoms with E-state index in [0.717, 1.165) is 41.7 Å². The lowest BCUT2D eigenvalue weighted by molar-refractivity contribution is -0.0379. The topological polar surface area (TPSA) is 72.6 Å². The molecule has 5 heterocycles. The van der Waals surface area contributed by atoms with E-state index in [9.17, 15) is 4.79 Å². The Morgan fingerprint density at radius 2 is 2.22 bits per heavy atom. The summed E-state index contributed by atoms with van der Waals surface area (Å²) in [5, 5.41) is 5.48. The van der Waals surface area contributed by atoms with Crippen LogP contribution < -0.4 is 0 Å². The minimum Gasteiger partial charge on any atom is -0.370 e. The van der Waals surface area contributed by atoms with Crippen LogP contribution >= 0.6 is 11.3 Å². The summed E-state index contributed by atoms with van der Waals surface area (Å²) in [5.41, 5.74) is 1.75. The van der Waals surface area contributed by atoms with E-state index in [1.54, 1.807) is 22.2 Å². The summed E-state index contributed by atoms with van der Waals surface area (Å²) in [6.45, 7) is 7.68. The van der Waals surface area contributed by atoms with E-state index >= 15 is 0 Å². The summed E-state index contributed by atoms with van der Waals surface area (Å²) in [5.74, 6) is 0.191. The van der Waals surface area contributed by atoms with E-state index in [-0.39, 0.29) is 23.4 Å². The highest BCUT2D eigenvalue weighted by atomic mass is 32.1. The molecule has 142 valence electrons. The molecule has 0 N–H and O–H groups in total. The first-order valence-corrected chi connectivity index (χ1v) is 10.4. The molecule has 2 aliphatic rings. The number of hydrogen-bond donors (Lipinski definition) is 0. The number of aromatic nitrogens is 4. The second kappa shape index (κ2) is 5.97. The van der Waals surface area contributed by atoms with Crippen molar-refractivity contribution in [2.24, 2.45) is 0 Å². The second-order valence-corrected chi connectivity index (χ2v) is 9.28. The zero-order valence-electron chi connectivity index (χ0n) is 15.9. The van der Waals surface area contributed by atoms with Crippen LogP contribution in [0.25, 0.3) is 15.9 Å². The summed E-state index contributed by atoms with van der Waals surface area (Å²) >= 11 is 1.65. The first-order valence-electron chi connectivity index (χ1n) is 9.53.